The van der Waals surface area contributed by atoms with E-state index in [9.17, 15) is 8.42 Å². The molecule has 0 saturated heterocycles. The van der Waals surface area contributed by atoms with Gasteiger partial charge in [0.2, 0.25) is 0 Å². The molecule has 1 aromatic carbocycles. The normalized spacial score (nSPS) is 11.6. The van der Waals surface area contributed by atoms with Crippen LogP contribution >= 0.6 is 0 Å². The summed E-state index contributed by atoms with van der Waals surface area (Å²) in [5.41, 5.74) is 6.63. The number of aliphatic hydroxyl groups excluding tert-OH is 1. The fraction of sp³-hybridized carbons (Fsp3) is 0.333. The molecule has 0 atom stereocenters. The Morgan fingerprint density at radius 2 is 2.07 bits per heavy atom. The minimum Gasteiger partial charge on any atom is -0.397 e. The van der Waals surface area contributed by atoms with Gasteiger partial charge in [-0.25, -0.2) is 8.42 Å². The van der Waals surface area contributed by atoms with Crippen molar-refractivity contribution < 1.29 is 13.5 Å². The molecule has 1 aromatic rings. The van der Waals surface area contributed by atoms with E-state index in [-0.39, 0.29) is 16.3 Å². The maximum atomic E-state index is 11.6. The highest BCUT2D eigenvalue weighted by Crippen LogP contribution is 2.22. The minimum atomic E-state index is -3.44. The van der Waals surface area contributed by atoms with E-state index in [1.807, 2.05) is 0 Å². The van der Waals surface area contributed by atoms with Crippen molar-refractivity contribution in [1.82, 2.24) is 0 Å². The average molecular weight is 215 g/mol. The fourth-order valence-electron chi connectivity index (χ4n) is 1.16. The first kappa shape index (κ1) is 11.0. The number of benzene rings is 1. The molecule has 5 heteroatoms. The summed E-state index contributed by atoms with van der Waals surface area (Å²) >= 11 is 0. The molecule has 3 N–H and O–H groups in total. The van der Waals surface area contributed by atoms with Gasteiger partial charge in [-0.1, -0.05) is 12.1 Å². The predicted octanol–water partition coefficient (Wildman–Crippen LogP) is 0.343. The second-order valence-electron chi connectivity index (χ2n) is 3.03. The summed E-state index contributed by atoms with van der Waals surface area (Å²) in [6.45, 7) is 1.35. The van der Waals surface area contributed by atoms with Gasteiger partial charge in [0, 0.05) is 0 Å². The van der Waals surface area contributed by atoms with Gasteiger partial charge >= 0.3 is 0 Å². The number of nitrogens with two attached hydrogens (primary N) is 1. The Hall–Kier alpha value is -1.07. The van der Waals surface area contributed by atoms with Crippen LogP contribution in [0.2, 0.25) is 0 Å². The van der Waals surface area contributed by atoms with Gasteiger partial charge in [0.05, 0.1) is 22.9 Å². The largest absolute Gasteiger partial charge is 0.397 e. The Morgan fingerprint density at radius 3 is 2.64 bits per heavy atom. The number of rotatable bonds is 3. The molecule has 0 radical (unpaired) electrons. The summed E-state index contributed by atoms with van der Waals surface area (Å²) in [6.07, 6.45) is 0. The molecule has 0 unspecified atom stereocenters. The Balaban J connectivity index is 3.27. The van der Waals surface area contributed by atoms with E-state index in [0.29, 0.717) is 0 Å². The molecule has 0 bridgehead atoms. The van der Waals surface area contributed by atoms with Crippen LogP contribution in [0.15, 0.2) is 23.1 Å². The summed E-state index contributed by atoms with van der Waals surface area (Å²) in [4.78, 5) is 0.103. The van der Waals surface area contributed by atoms with Crippen molar-refractivity contribution in [2.45, 2.75) is 11.8 Å². The van der Waals surface area contributed by atoms with E-state index < -0.39 is 16.4 Å². The number of anilines is 1. The number of hydrogen-bond acceptors (Lipinski definition) is 4. The molecule has 78 valence electrons. The molecule has 0 aliphatic heterocycles. The lowest BCUT2D eigenvalue weighted by Crippen LogP contribution is -2.12. The first-order chi connectivity index (χ1) is 6.49. The SMILES string of the molecule is Cc1cccc(S(=O)(=O)CCO)c1N. The van der Waals surface area contributed by atoms with E-state index in [1.54, 1.807) is 19.1 Å². The quantitative estimate of drug-likeness (QED) is 0.713. The fourth-order valence-corrected chi connectivity index (χ4v) is 2.40. The van der Waals surface area contributed by atoms with Crippen LogP contribution in [0.5, 0.6) is 0 Å². The maximum absolute atomic E-state index is 11.6. The third-order valence-corrected chi connectivity index (χ3v) is 3.73. The van der Waals surface area contributed by atoms with E-state index in [4.69, 9.17) is 10.8 Å². The second kappa shape index (κ2) is 3.98. The number of aryl methyl sites for hydroxylation is 1. The summed E-state index contributed by atoms with van der Waals surface area (Å²) in [7, 11) is -3.44. The van der Waals surface area contributed by atoms with Gasteiger partial charge in [-0.3, -0.25) is 0 Å². The van der Waals surface area contributed by atoms with Crippen LogP contribution < -0.4 is 5.73 Å². The van der Waals surface area contributed by atoms with Crippen molar-refractivity contribution in [3.63, 3.8) is 0 Å². The highest BCUT2D eigenvalue weighted by Gasteiger charge is 2.17. The third-order valence-electron chi connectivity index (χ3n) is 1.98. The van der Waals surface area contributed by atoms with Gasteiger partial charge in [0.1, 0.15) is 0 Å². The lowest BCUT2D eigenvalue weighted by molar-refractivity contribution is 0.319. The zero-order valence-electron chi connectivity index (χ0n) is 7.90. The zero-order chi connectivity index (χ0) is 10.8. The summed E-state index contributed by atoms with van der Waals surface area (Å²) < 4.78 is 23.1. The number of sulfone groups is 1. The Bertz CT molecular complexity index is 426. The molecule has 0 fully saturated rings. The molecule has 14 heavy (non-hydrogen) atoms. The summed E-state index contributed by atoms with van der Waals surface area (Å²) in [6, 6.07) is 4.83. The van der Waals surface area contributed by atoms with Crippen LogP contribution in [-0.4, -0.2) is 25.9 Å². The third kappa shape index (κ3) is 2.05. The van der Waals surface area contributed by atoms with E-state index in [0.717, 1.165) is 5.56 Å². The van der Waals surface area contributed by atoms with Gasteiger partial charge in [0.25, 0.3) is 0 Å². The van der Waals surface area contributed by atoms with Crippen LogP contribution in [-0.2, 0) is 9.84 Å². The standard InChI is InChI=1S/C9H13NO3S/c1-7-3-2-4-8(9(7)10)14(12,13)6-5-11/h2-4,11H,5-6,10H2,1H3. The molecular formula is C9H13NO3S. The molecule has 0 spiro atoms. The van der Waals surface area contributed by atoms with Gasteiger partial charge in [-0.05, 0) is 18.6 Å². The molecule has 0 aliphatic rings. The first-order valence-corrected chi connectivity index (χ1v) is 5.83. The van der Waals surface area contributed by atoms with Gasteiger partial charge in [0.15, 0.2) is 9.84 Å². The lowest BCUT2D eigenvalue weighted by Gasteiger charge is -2.07. The highest BCUT2D eigenvalue weighted by atomic mass is 32.2. The van der Waals surface area contributed by atoms with Crippen LogP contribution in [0.4, 0.5) is 5.69 Å². The van der Waals surface area contributed by atoms with Crippen molar-refractivity contribution >= 4 is 15.5 Å². The summed E-state index contributed by atoms with van der Waals surface area (Å²) in [5.74, 6) is -0.291. The monoisotopic (exact) mass is 215 g/mol. The number of hydrogen-bond donors (Lipinski definition) is 2. The van der Waals surface area contributed by atoms with Crippen molar-refractivity contribution in [3.8, 4) is 0 Å². The minimum absolute atomic E-state index is 0.103. The molecule has 0 aromatic heterocycles. The van der Waals surface area contributed by atoms with Crippen LogP contribution in [0.25, 0.3) is 0 Å². The van der Waals surface area contributed by atoms with Crippen molar-refractivity contribution in [2.24, 2.45) is 0 Å². The van der Waals surface area contributed by atoms with Crippen LogP contribution in [0.3, 0.4) is 0 Å². The smallest absolute Gasteiger partial charge is 0.182 e. The molecule has 4 nitrogen and oxygen atoms in total. The molecular weight excluding hydrogens is 202 g/mol. The Morgan fingerprint density at radius 1 is 1.43 bits per heavy atom. The summed E-state index contributed by atoms with van der Waals surface area (Å²) in [5, 5.41) is 8.60. The average Bonchev–Trinajstić information content (AvgIpc) is 2.09. The number of para-hydroxylation sites is 1. The first-order valence-electron chi connectivity index (χ1n) is 4.18. The topological polar surface area (TPSA) is 80.4 Å². The van der Waals surface area contributed by atoms with Gasteiger partial charge < -0.3 is 10.8 Å². The lowest BCUT2D eigenvalue weighted by atomic mass is 10.2. The second-order valence-corrected chi connectivity index (χ2v) is 5.11. The molecule has 1 rings (SSSR count). The molecule has 0 aliphatic carbocycles. The number of aliphatic hydroxyl groups is 1. The van der Waals surface area contributed by atoms with E-state index in [1.165, 1.54) is 6.07 Å². The molecule has 0 amide bonds. The Kier molecular flexibility index (Phi) is 3.13. The predicted molar refractivity (Wildman–Crippen MR) is 54.7 cm³/mol. The maximum Gasteiger partial charge on any atom is 0.182 e. The van der Waals surface area contributed by atoms with Gasteiger partial charge in [-0.2, -0.15) is 0 Å². The van der Waals surface area contributed by atoms with Crippen LogP contribution in [0, 0.1) is 6.92 Å². The Labute approximate surface area is 83.3 Å². The van der Waals surface area contributed by atoms with E-state index in [2.05, 4.69) is 0 Å². The highest BCUT2D eigenvalue weighted by molar-refractivity contribution is 7.91. The van der Waals surface area contributed by atoms with E-state index >= 15 is 0 Å². The molecule has 0 saturated carbocycles. The molecule has 0 heterocycles. The van der Waals surface area contributed by atoms with Gasteiger partial charge in [-0.15, -0.1) is 0 Å². The van der Waals surface area contributed by atoms with Crippen molar-refractivity contribution in [2.75, 3.05) is 18.1 Å². The van der Waals surface area contributed by atoms with Crippen LogP contribution in [0.1, 0.15) is 5.56 Å². The van der Waals surface area contributed by atoms with Crippen molar-refractivity contribution in [1.29, 1.82) is 0 Å². The number of nitrogen functional groups attached to an aromatic ring is 1. The van der Waals surface area contributed by atoms with Crippen molar-refractivity contribution in [3.05, 3.63) is 23.8 Å². The zero-order valence-corrected chi connectivity index (χ0v) is 8.71.